The van der Waals surface area contributed by atoms with Gasteiger partial charge in [-0.2, -0.15) is 0 Å². The number of guanidine groups is 1. The number of benzene rings is 1. The molecule has 1 aromatic rings. The van der Waals surface area contributed by atoms with Crippen molar-refractivity contribution in [2.75, 3.05) is 45.3 Å². The molecule has 0 amide bonds. The lowest BCUT2D eigenvalue weighted by Gasteiger charge is -2.21. The number of hydrogen-bond donors (Lipinski definition) is 2. The third kappa shape index (κ3) is 5.94. The van der Waals surface area contributed by atoms with Crippen molar-refractivity contribution in [3.8, 4) is 11.5 Å². The largest absolute Gasteiger partial charge is 0.497 e. The average molecular weight is 375 g/mol. The van der Waals surface area contributed by atoms with Gasteiger partial charge in [0.15, 0.2) is 5.96 Å². The van der Waals surface area contributed by atoms with Crippen molar-refractivity contribution in [3.63, 3.8) is 0 Å². The molecule has 0 aromatic heterocycles. The number of methoxy groups -OCH3 is 2. The van der Waals surface area contributed by atoms with E-state index in [0.717, 1.165) is 61.7 Å². The maximum absolute atomic E-state index is 5.40. The Labute approximate surface area is 163 Å². The molecule has 2 fully saturated rings. The summed E-state index contributed by atoms with van der Waals surface area (Å²) >= 11 is 0. The van der Waals surface area contributed by atoms with Crippen LogP contribution in [0.2, 0.25) is 0 Å². The molecular formula is C21H34N4O2. The van der Waals surface area contributed by atoms with Crippen LogP contribution in [0, 0.1) is 5.92 Å². The normalized spacial score (nSPS) is 19.9. The molecule has 1 unspecified atom stereocenters. The fourth-order valence-corrected chi connectivity index (χ4v) is 3.58. The van der Waals surface area contributed by atoms with Crippen molar-refractivity contribution in [3.05, 3.63) is 18.2 Å². The molecule has 0 spiro atoms. The van der Waals surface area contributed by atoms with Gasteiger partial charge in [0.05, 0.1) is 14.2 Å². The second-order valence-electron chi connectivity index (χ2n) is 7.49. The van der Waals surface area contributed by atoms with Gasteiger partial charge >= 0.3 is 0 Å². The fraction of sp³-hybridized carbons (Fsp3) is 0.667. The highest BCUT2D eigenvalue weighted by Crippen LogP contribution is 2.33. The maximum Gasteiger partial charge on any atom is 0.191 e. The van der Waals surface area contributed by atoms with Crippen LogP contribution in [-0.4, -0.2) is 52.4 Å². The Kier molecular flexibility index (Phi) is 7.07. The van der Waals surface area contributed by atoms with E-state index in [4.69, 9.17) is 14.5 Å². The molecule has 1 saturated heterocycles. The number of hydrogen-bond acceptors (Lipinski definition) is 4. The van der Waals surface area contributed by atoms with E-state index in [9.17, 15) is 0 Å². The predicted molar refractivity (Wildman–Crippen MR) is 111 cm³/mol. The molecular weight excluding hydrogens is 340 g/mol. The predicted octanol–water partition coefficient (Wildman–Crippen LogP) is 3.03. The van der Waals surface area contributed by atoms with Crippen molar-refractivity contribution < 1.29 is 9.47 Å². The molecule has 1 aliphatic carbocycles. The second kappa shape index (κ2) is 9.72. The van der Waals surface area contributed by atoms with Crippen molar-refractivity contribution in [1.29, 1.82) is 0 Å². The number of nitrogens with one attached hydrogen (secondary N) is 2. The first-order chi connectivity index (χ1) is 13.2. The Morgan fingerprint density at radius 2 is 1.89 bits per heavy atom. The minimum absolute atomic E-state index is 0.392. The molecule has 27 heavy (non-hydrogen) atoms. The number of aliphatic imine (C=N–C) groups is 1. The average Bonchev–Trinajstić information content (AvgIpc) is 3.41. The van der Waals surface area contributed by atoms with E-state index in [1.807, 2.05) is 6.07 Å². The SMILES string of the molecule is CCNC(=NCCCC1CC1)NC1CCN(c2cc(OC)cc(OC)c2)C1. The third-order valence-electron chi connectivity index (χ3n) is 5.31. The zero-order chi connectivity index (χ0) is 19.1. The minimum Gasteiger partial charge on any atom is -0.497 e. The van der Waals surface area contributed by atoms with Gasteiger partial charge in [0.1, 0.15) is 11.5 Å². The number of rotatable bonds is 9. The molecule has 6 heteroatoms. The summed E-state index contributed by atoms with van der Waals surface area (Å²) < 4.78 is 10.8. The van der Waals surface area contributed by atoms with Crippen LogP contribution in [0.25, 0.3) is 0 Å². The first-order valence-corrected chi connectivity index (χ1v) is 10.2. The first-order valence-electron chi connectivity index (χ1n) is 10.2. The Morgan fingerprint density at radius 1 is 1.15 bits per heavy atom. The highest BCUT2D eigenvalue weighted by atomic mass is 16.5. The summed E-state index contributed by atoms with van der Waals surface area (Å²) in [5.41, 5.74) is 1.14. The van der Waals surface area contributed by atoms with E-state index in [-0.39, 0.29) is 0 Å². The summed E-state index contributed by atoms with van der Waals surface area (Å²) in [5.74, 6) is 3.58. The van der Waals surface area contributed by atoms with Crippen molar-refractivity contribution >= 4 is 11.6 Å². The van der Waals surface area contributed by atoms with Crippen molar-refractivity contribution in [2.45, 2.75) is 45.1 Å². The van der Waals surface area contributed by atoms with Crippen LogP contribution in [0.1, 0.15) is 39.0 Å². The summed E-state index contributed by atoms with van der Waals surface area (Å²) in [6, 6.07) is 6.44. The van der Waals surface area contributed by atoms with Gasteiger partial charge in [-0.3, -0.25) is 4.99 Å². The summed E-state index contributed by atoms with van der Waals surface area (Å²) in [6.07, 6.45) is 6.47. The molecule has 1 aliphatic heterocycles. The van der Waals surface area contributed by atoms with Crippen LogP contribution in [0.5, 0.6) is 11.5 Å². The lowest BCUT2D eigenvalue weighted by atomic mass is 10.2. The summed E-state index contributed by atoms with van der Waals surface area (Å²) in [5, 5.41) is 7.00. The van der Waals surface area contributed by atoms with Crippen molar-refractivity contribution in [1.82, 2.24) is 10.6 Å². The van der Waals surface area contributed by atoms with Gasteiger partial charge in [0, 0.05) is 56.1 Å². The fourth-order valence-electron chi connectivity index (χ4n) is 3.58. The number of ether oxygens (including phenoxy) is 2. The van der Waals surface area contributed by atoms with E-state index >= 15 is 0 Å². The zero-order valence-electron chi connectivity index (χ0n) is 17.0. The third-order valence-corrected chi connectivity index (χ3v) is 5.31. The molecule has 2 N–H and O–H groups in total. The molecule has 1 aromatic carbocycles. The summed E-state index contributed by atoms with van der Waals surface area (Å²) in [4.78, 5) is 7.14. The van der Waals surface area contributed by atoms with E-state index in [0.29, 0.717) is 6.04 Å². The van der Waals surface area contributed by atoms with E-state index < -0.39 is 0 Å². The van der Waals surface area contributed by atoms with Crippen LogP contribution >= 0.6 is 0 Å². The highest BCUT2D eigenvalue weighted by molar-refractivity contribution is 5.80. The van der Waals surface area contributed by atoms with Crippen LogP contribution in [0.3, 0.4) is 0 Å². The number of anilines is 1. The lowest BCUT2D eigenvalue weighted by Crippen LogP contribution is -2.44. The molecule has 2 aliphatic rings. The topological polar surface area (TPSA) is 58.1 Å². The Bertz CT molecular complexity index is 608. The Balaban J connectivity index is 1.54. The molecule has 150 valence electrons. The number of nitrogens with zero attached hydrogens (tertiary/aromatic N) is 2. The van der Waals surface area contributed by atoms with Gasteiger partial charge in [-0.15, -0.1) is 0 Å². The van der Waals surface area contributed by atoms with Crippen molar-refractivity contribution in [2.24, 2.45) is 10.9 Å². The molecule has 1 heterocycles. The standard InChI is InChI=1S/C21H34N4O2/c1-4-22-21(23-10-5-6-16-7-8-16)24-17-9-11-25(15-17)18-12-19(26-2)14-20(13-18)27-3/h12-14,16-17H,4-11,15H2,1-3H3,(H2,22,23,24). The quantitative estimate of drug-likeness (QED) is 0.395. The van der Waals surface area contributed by atoms with Gasteiger partial charge < -0.3 is 25.0 Å². The smallest absolute Gasteiger partial charge is 0.191 e. The van der Waals surface area contributed by atoms with Gasteiger partial charge in [-0.05, 0) is 32.1 Å². The van der Waals surface area contributed by atoms with E-state index in [1.165, 1.54) is 25.7 Å². The van der Waals surface area contributed by atoms with Gasteiger partial charge in [-0.1, -0.05) is 12.8 Å². The second-order valence-corrected chi connectivity index (χ2v) is 7.49. The monoisotopic (exact) mass is 374 g/mol. The minimum atomic E-state index is 0.392. The zero-order valence-corrected chi connectivity index (χ0v) is 17.0. The molecule has 6 nitrogen and oxygen atoms in total. The van der Waals surface area contributed by atoms with Crippen LogP contribution in [0.15, 0.2) is 23.2 Å². The highest BCUT2D eigenvalue weighted by Gasteiger charge is 2.24. The van der Waals surface area contributed by atoms with Crippen LogP contribution in [0.4, 0.5) is 5.69 Å². The van der Waals surface area contributed by atoms with E-state index in [1.54, 1.807) is 14.2 Å². The summed E-state index contributed by atoms with van der Waals surface area (Å²) in [6.45, 7) is 5.87. The van der Waals surface area contributed by atoms with Crippen LogP contribution in [-0.2, 0) is 0 Å². The lowest BCUT2D eigenvalue weighted by molar-refractivity contribution is 0.394. The van der Waals surface area contributed by atoms with Crippen LogP contribution < -0.4 is 25.0 Å². The molecule has 1 atom stereocenters. The molecule has 0 bridgehead atoms. The van der Waals surface area contributed by atoms with Gasteiger partial charge in [-0.25, -0.2) is 0 Å². The Hall–Kier alpha value is -2.11. The van der Waals surface area contributed by atoms with Gasteiger partial charge in [0.25, 0.3) is 0 Å². The molecule has 3 rings (SSSR count). The maximum atomic E-state index is 5.40. The van der Waals surface area contributed by atoms with Gasteiger partial charge in [0.2, 0.25) is 0 Å². The Morgan fingerprint density at radius 3 is 2.52 bits per heavy atom. The molecule has 1 saturated carbocycles. The molecule has 0 radical (unpaired) electrons. The van der Waals surface area contributed by atoms with E-state index in [2.05, 4.69) is 34.6 Å². The first kappa shape index (κ1) is 19.6. The summed E-state index contributed by atoms with van der Waals surface area (Å²) in [7, 11) is 3.38.